The third-order valence-corrected chi connectivity index (χ3v) is 14.6. The summed E-state index contributed by atoms with van der Waals surface area (Å²) in [5.41, 5.74) is 1.51. The van der Waals surface area contributed by atoms with Crippen molar-refractivity contribution in [2.45, 2.75) is 109 Å². The second kappa shape index (κ2) is 8.54. The number of fused-ring (bicyclic) bond motifs is 7. The summed E-state index contributed by atoms with van der Waals surface area (Å²) in [6.07, 6.45) is 11.8. The summed E-state index contributed by atoms with van der Waals surface area (Å²) < 4.78 is 31.6. The highest BCUT2D eigenvalue weighted by Crippen LogP contribution is 2.82. The van der Waals surface area contributed by atoms with Crippen LogP contribution in [-0.2, 0) is 14.3 Å². The molecule has 0 aliphatic heterocycles. The van der Waals surface area contributed by atoms with Gasteiger partial charge >= 0.3 is 0 Å². The summed E-state index contributed by atoms with van der Waals surface area (Å²) in [4.78, 5) is 0.263. The Morgan fingerprint density at radius 3 is 2.43 bits per heavy atom. The molecule has 10 atom stereocenters. The predicted octanol–water partition coefficient (Wildman–Crippen LogP) is 7.14. The van der Waals surface area contributed by atoms with Gasteiger partial charge < -0.3 is 5.11 Å². The first-order chi connectivity index (χ1) is 17.4. The van der Waals surface area contributed by atoms with E-state index in [2.05, 4.69) is 27.7 Å². The van der Waals surface area contributed by atoms with Crippen molar-refractivity contribution in [3.63, 3.8) is 0 Å². The van der Waals surface area contributed by atoms with Crippen molar-refractivity contribution in [1.29, 1.82) is 0 Å². The summed E-state index contributed by atoms with van der Waals surface area (Å²) in [6.45, 7) is 11.8. The normalized spacial score (nSPS) is 47.4. The van der Waals surface area contributed by atoms with E-state index in [0.29, 0.717) is 17.9 Å². The van der Waals surface area contributed by atoms with Crippen LogP contribution in [0.25, 0.3) is 0 Å². The Balaban J connectivity index is 1.18. The second-order valence-electron chi connectivity index (χ2n) is 14.5. The molecule has 5 fully saturated rings. The minimum Gasteiger partial charge on any atom is -0.390 e. The van der Waals surface area contributed by atoms with Gasteiger partial charge in [0, 0.05) is 0 Å². The van der Waals surface area contributed by atoms with Gasteiger partial charge in [0.2, 0.25) is 0 Å². The Hall–Kier alpha value is -0.910. The molecule has 1 aromatic rings. The van der Waals surface area contributed by atoms with E-state index in [9.17, 15) is 13.5 Å². The summed E-state index contributed by atoms with van der Waals surface area (Å²) >= 11 is 0. The molecule has 0 unspecified atom stereocenters. The molecule has 5 saturated carbocycles. The molecule has 5 heteroatoms. The molecule has 4 nitrogen and oxygen atoms in total. The maximum absolute atomic E-state index is 12.9. The maximum Gasteiger partial charge on any atom is 0.296 e. The maximum atomic E-state index is 12.9. The zero-order valence-electron chi connectivity index (χ0n) is 23.6. The van der Waals surface area contributed by atoms with Crippen LogP contribution in [0.15, 0.2) is 29.2 Å². The minimum atomic E-state index is -3.73. The second-order valence-corrected chi connectivity index (χ2v) is 16.1. The van der Waals surface area contributed by atoms with Gasteiger partial charge in [-0.3, -0.25) is 4.18 Å². The van der Waals surface area contributed by atoms with Crippen LogP contribution in [0.5, 0.6) is 0 Å². The lowest BCUT2D eigenvalue weighted by Crippen LogP contribution is -2.56. The lowest BCUT2D eigenvalue weighted by Gasteiger charge is -2.63. The summed E-state index contributed by atoms with van der Waals surface area (Å²) in [7, 11) is -3.73. The average molecular weight is 529 g/mol. The number of hydrogen-bond donors (Lipinski definition) is 1. The Labute approximate surface area is 225 Å². The fourth-order valence-corrected chi connectivity index (χ4v) is 11.9. The van der Waals surface area contributed by atoms with Gasteiger partial charge in [-0.2, -0.15) is 8.42 Å². The van der Waals surface area contributed by atoms with Gasteiger partial charge in [0.1, 0.15) is 0 Å². The van der Waals surface area contributed by atoms with E-state index in [-0.39, 0.29) is 21.6 Å². The van der Waals surface area contributed by atoms with Crippen molar-refractivity contribution in [1.82, 2.24) is 0 Å². The van der Waals surface area contributed by atoms with Gasteiger partial charge in [-0.1, -0.05) is 45.4 Å². The average Bonchev–Trinajstić information content (AvgIpc) is 3.55. The van der Waals surface area contributed by atoms with Crippen LogP contribution in [0.4, 0.5) is 0 Å². The largest absolute Gasteiger partial charge is 0.390 e. The van der Waals surface area contributed by atoms with Crippen LogP contribution in [0.1, 0.15) is 97.5 Å². The molecular weight excluding hydrogens is 480 g/mol. The molecule has 206 valence electrons. The molecule has 0 spiro atoms. The summed E-state index contributed by atoms with van der Waals surface area (Å²) in [6, 6.07) is 6.98. The number of aliphatic hydroxyl groups is 1. The number of rotatable bonds is 6. The van der Waals surface area contributed by atoms with Gasteiger partial charge in [-0.25, -0.2) is 0 Å². The highest BCUT2D eigenvalue weighted by molar-refractivity contribution is 7.86. The standard InChI is InChI=1S/C32H48O4S/c1-6-31(33)16-15-29(4)23(18-31)9-12-26-27(29)13-14-30(5)28(26)17-24-19-32(24,30)22(3)20-36-37(34,35)25-10-7-21(2)8-11-25/h7-8,10-11,22-24,26-28,33H,6,9,12-20H2,1-5H3/t22-,23+,24+,26-,27+,28+,29+,30+,31+,32+/m1/s1. The fourth-order valence-electron chi connectivity index (χ4n) is 10.9. The SMILES string of the molecule is CC[C@]1(O)CC[C@@]2(C)[C@@H](CC[C@@H]3[C@@H]2CC[C@@]2(C)[C@H]3C[C@H]3C[C@]32[C@H](C)COS(=O)(=O)c2ccc(C)cc2)C1. The van der Waals surface area contributed by atoms with Crippen molar-refractivity contribution < 1.29 is 17.7 Å². The molecule has 5 aliphatic rings. The first-order valence-electron chi connectivity index (χ1n) is 15.1. The van der Waals surface area contributed by atoms with Gasteiger partial charge in [-0.05, 0) is 135 Å². The van der Waals surface area contributed by atoms with Crippen LogP contribution >= 0.6 is 0 Å². The van der Waals surface area contributed by atoms with E-state index in [1.54, 1.807) is 12.1 Å². The minimum absolute atomic E-state index is 0.234. The molecule has 0 radical (unpaired) electrons. The zero-order chi connectivity index (χ0) is 26.4. The van der Waals surface area contributed by atoms with Crippen molar-refractivity contribution in [2.75, 3.05) is 6.61 Å². The molecule has 37 heavy (non-hydrogen) atoms. The Morgan fingerprint density at radius 1 is 1.00 bits per heavy atom. The fraction of sp³-hybridized carbons (Fsp3) is 0.812. The molecule has 1 N–H and O–H groups in total. The lowest BCUT2D eigenvalue weighted by molar-refractivity contribution is -0.159. The van der Waals surface area contributed by atoms with E-state index in [1.165, 1.54) is 44.9 Å². The van der Waals surface area contributed by atoms with Crippen molar-refractivity contribution in [3.8, 4) is 0 Å². The van der Waals surface area contributed by atoms with Crippen molar-refractivity contribution >= 4 is 10.1 Å². The first kappa shape index (κ1) is 26.3. The van der Waals surface area contributed by atoms with E-state index in [0.717, 1.165) is 48.5 Å². The third-order valence-electron chi connectivity index (χ3n) is 13.3. The van der Waals surface area contributed by atoms with Crippen LogP contribution < -0.4 is 0 Å². The molecule has 0 aromatic heterocycles. The summed E-state index contributed by atoms with van der Waals surface area (Å²) in [5.74, 6) is 3.97. The van der Waals surface area contributed by atoms with Crippen LogP contribution in [0.2, 0.25) is 0 Å². The van der Waals surface area contributed by atoms with E-state index < -0.39 is 15.7 Å². The van der Waals surface area contributed by atoms with Gasteiger partial charge in [-0.15, -0.1) is 0 Å². The molecular formula is C32H48O4S. The van der Waals surface area contributed by atoms with Gasteiger partial charge in [0.25, 0.3) is 10.1 Å². The molecule has 0 heterocycles. The van der Waals surface area contributed by atoms with Crippen molar-refractivity contribution in [3.05, 3.63) is 29.8 Å². The highest BCUT2D eigenvalue weighted by Gasteiger charge is 2.76. The topological polar surface area (TPSA) is 63.6 Å². The predicted molar refractivity (Wildman–Crippen MR) is 146 cm³/mol. The van der Waals surface area contributed by atoms with Crippen LogP contribution in [0, 0.1) is 58.7 Å². The first-order valence-corrected chi connectivity index (χ1v) is 16.5. The Bertz CT molecular complexity index is 1150. The highest BCUT2D eigenvalue weighted by atomic mass is 32.2. The number of hydrogen-bond acceptors (Lipinski definition) is 4. The van der Waals surface area contributed by atoms with Gasteiger partial charge in [0.05, 0.1) is 17.1 Å². The number of aryl methyl sites for hydroxylation is 1. The third kappa shape index (κ3) is 3.76. The zero-order valence-corrected chi connectivity index (χ0v) is 24.4. The molecule has 6 rings (SSSR count). The van der Waals surface area contributed by atoms with Crippen molar-refractivity contribution in [2.24, 2.45) is 51.8 Å². The smallest absolute Gasteiger partial charge is 0.296 e. The van der Waals surface area contributed by atoms with Gasteiger partial charge in [0.15, 0.2) is 0 Å². The van der Waals surface area contributed by atoms with Crippen LogP contribution in [0.3, 0.4) is 0 Å². The lowest BCUT2D eigenvalue weighted by atomic mass is 9.42. The number of benzene rings is 1. The quantitative estimate of drug-likeness (QED) is 0.399. The summed E-state index contributed by atoms with van der Waals surface area (Å²) in [5, 5.41) is 11.1. The Morgan fingerprint density at radius 2 is 1.73 bits per heavy atom. The van der Waals surface area contributed by atoms with E-state index in [4.69, 9.17) is 4.18 Å². The Kier molecular flexibility index (Phi) is 6.08. The van der Waals surface area contributed by atoms with Crippen LogP contribution in [-0.4, -0.2) is 25.7 Å². The molecule has 0 amide bonds. The monoisotopic (exact) mass is 528 g/mol. The molecule has 0 bridgehead atoms. The molecule has 5 aliphatic carbocycles. The molecule has 0 saturated heterocycles. The van der Waals surface area contributed by atoms with E-state index >= 15 is 0 Å². The molecule has 1 aromatic carbocycles. The van der Waals surface area contributed by atoms with E-state index in [1.807, 2.05) is 19.1 Å².